The van der Waals surface area contributed by atoms with Gasteiger partial charge in [0.1, 0.15) is 0 Å². The highest BCUT2D eigenvalue weighted by molar-refractivity contribution is 4.96. The van der Waals surface area contributed by atoms with Crippen LogP contribution in [0, 0.1) is 11.3 Å². The molecule has 0 aliphatic carbocycles. The first-order valence-electron chi connectivity index (χ1n) is 5.01. The van der Waals surface area contributed by atoms with E-state index in [-0.39, 0.29) is 6.10 Å². The number of nitrogens with zero attached hydrogens (tertiary/aromatic N) is 2. The van der Waals surface area contributed by atoms with Gasteiger partial charge in [0.25, 0.3) is 0 Å². The molecule has 13 heavy (non-hydrogen) atoms. The van der Waals surface area contributed by atoms with Gasteiger partial charge in [-0.1, -0.05) is 6.92 Å². The Hall–Kier alpha value is -0.590. The lowest BCUT2D eigenvalue weighted by Crippen LogP contribution is -2.45. The Morgan fingerprint density at radius 1 is 1.62 bits per heavy atom. The van der Waals surface area contributed by atoms with Gasteiger partial charge in [0.2, 0.25) is 0 Å². The Bertz CT molecular complexity index is 188. The first kappa shape index (κ1) is 10.5. The molecular weight excluding hydrogens is 164 g/mol. The second-order valence-electron chi connectivity index (χ2n) is 3.61. The predicted molar refractivity (Wildman–Crippen MR) is 51.3 cm³/mol. The first-order chi connectivity index (χ1) is 6.29. The molecule has 0 saturated carbocycles. The third-order valence-corrected chi connectivity index (χ3v) is 2.56. The van der Waals surface area contributed by atoms with Crippen LogP contribution in [-0.4, -0.2) is 37.2 Å². The summed E-state index contributed by atoms with van der Waals surface area (Å²) in [6, 6.07) is 2.53. The van der Waals surface area contributed by atoms with Gasteiger partial charge in [-0.25, -0.2) is 0 Å². The Labute approximate surface area is 80.3 Å². The summed E-state index contributed by atoms with van der Waals surface area (Å²) in [5.74, 6) is 0. The van der Waals surface area contributed by atoms with Gasteiger partial charge < -0.3 is 4.74 Å². The van der Waals surface area contributed by atoms with Gasteiger partial charge in [0, 0.05) is 12.6 Å². The normalized spacial score (nSPS) is 28.8. The van der Waals surface area contributed by atoms with Crippen molar-refractivity contribution in [1.82, 2.24) is 4.90 Å². The number of ether oxygens (including phenoxy) is 1. The summed E-state index contributed by atoms with van der Waals surface area (Å²) in [5, 5.41) is 8.88. The van der Waals surface area contributed by atoms with Crippen LogP contribution >= 0.6 is 0 Å². The van der Waals surface area contributed by atoms with Gasteiger partial charge in [-0.05, 0) is 32.9 Å². The summed E-state index contributed by atoms with van der Waals surface area (Å²) in [6.07, 6.45) is 3.09. The summed E-state index contributed by atoms with van der Waals surface area (Å²) < 4.78 is 5.40. The van der Waals surface area contributed by atoms with Crippen molar-refractivity contribution < 1.29 is 4.74 Å². The Balaban J connectivity index is 2.49. The molecule has 0 radical (unpaired) electrons. The Morgan fingerprint density at radius 2 is 2.38 bits per heavy atom. The molecule has 1 aliphatic rings. The largest absolute Gasteiger partial charge is 0.362 e. The smallest absolute Gasteiger partial charge is 0.159 e. The molecule has 0 aromatic rings. The monoisotopic (exact) mass is 182 g/mol. The van der Waals surface area contributed by atoms with Gasteiger partial charge >= 0.3 is 0 Å². The van der Waals surface area contributed by atoms with Crippen molar-refractivity contribution in [2.75, 3.05) is 20.2 Å². The summed E-state index contributed by atoms with van der Waals surface area (Å²) >= 11 is 0. The highest BCUT2D eigenvalue weighted by Crippen LogP contribution is 2.18. The molecule has 0 N–H and O–H groups in total. The number of likely N-dealkylation sites (N-methyl/N-ethyl adjacent to an activating group) is 1. The van der Waals surface area contributed by atoms with Crippen molar-refractivity contribution in [2.45, 2.75) is 38.3 Å². The van der Waals surface area contributed by atoms with E-state index in [4.69, 9.17) is 10.00 Å². The molecule has 3 nitrogen and oxygen atoms in total. The van der Waals surface area contributed by atoms with E-state index in [1.807, 2.05) is 0 Å². The lowest BCUT2D eigenvalue weighted by molar-refractivity contribution is -0.0132. The maximum absolute atomic E-state index is 8.88. The number of hydrogen-bond acceptors (Lipinski definition) is 3. The quantitative estimate of drug-likeness (QED) is 0.662. The standard InChI is InChI=1S/C10H18N2O/c1-3-6-12(2)9-5-4-7-13-10(9)8-11/h9-10H,3-7H2,1-2H3. The van der Waals surface area contributed by atoms with Gasteiger partial charge in [-0.15, -0.1) is 0 Å². The molecule has 1 rings (SSSR count). The zero-order valence-electron chi connectivity index (χ0n) is 8.49. The molecule has 2 unspecified atom stereocenters. The minimum Gasteiger partial charge on any atom is -0.362 e. The lowest BCUT2D eigenvalue weighted by Gasteiger charge is -2.34. The van der Waals surface area contributed by atoms with Gasteiger partial charge in [-0.3, -0.25) is 4.90 Å². The molecule has 1 fully saturated rings. The number of rotatable bonds is 3. The summed E-state index contributed by atoms with van der Waals surface area (Å²) in [4.78, 5) is 2.24. The maximum Gasteiger partial charge on any atom is 0.159 e. The molecule has 1 aliphatic heterocycles. The van der Waals surface area contributed by atoms with Crippen LogP contribution in [0.25, 0.3) is 0 Å². The van der Waals surface area contributed by atoms with Crippen LogP contribution in [0.2, 0.25) is 0 Å². The van der Waals surface area contributed by atoms with Crippen LogP contribution in [0.4, 0.5) is 0 Å². The SMILES string of the molecule is CCCN(C)C1CCCOC1C#N. The third kappa shape index (κ3) is 2.68. The van der Waals surface area contributed by atoms with Gasteiger partial charge in [0.15, 0.2) is 6.10 Å². The van der Waals surface area contributed by atoms with Crippen molar-refractivity contribution in [2.24, 2.45) is 0 Å². The van der Waals surface area contributed by atoms with E-state index in [1.165, 1.54) is 0 Å². The summed E-state index contributed by atoms with van der Waals surface area (Å²) in [6.45, 7) is 3.95. The van der Waals surface area contributed by atoms with Crippen LogP contribution in [0.3, 0.4) is 0 Å². The topological polar surface area (TPSA) is 36.3 Å². The van der Waals surface area contributed by atoms with Crippen LogP contribution in [0.1, 0.15) is 26.2 Å². The fourth-order valence-corrected chi connectivity index (χ4v) is 1.86. The molecule has 0 bridgehead atoms. The van der Waals surface area contributed by atoms with Crippen LogP contribution in [0.15, 0.2) is 0 Å². The molecular formula is C10H18N2O. The van der Waals surface area contributed by atoms with Crippen LogP contribution < -0.4 is 0 Å². The maximum atomic E-state index is 8.88. The highest BCUT2D eigenvalue weighted by atomic mass is 16.5. The zero-order chi connectivity index (χ0) is 9.68. The molecule has 0 aromatic heterocycles. The van der Waals surface area contributed by atoms with E-state index in [0.717, 1.165) is 32.4 Å². The average Bonchev–Trinajstić information content (AvgIpc) is 2.18. The number of hydrogen-bond donors (Lipinski definition) is 0. The van der Waals surface area contributed by atoms with Gasteiger partial charge in [-0.2, -0.15) is 5.26 Å². The fourth-order valence-electron chi connectivity index (χ4n) is 1.86. The van der Waals surface area contributed by atoms with E-state index in [1.54, 1.807) is 0 Å². The van der Waals surface area contributed by atoms with Crippen LogP contribution in [-0.2, 0) is 4.74 Å². The van der Waals surface area contributed by atoms with Crippen molar-refractivity contribution in [3.8, 4) is 6.07 Å². The van der Waals surface area contributed by atoms with E-state index < -0.39 is 0 Å². The van der Waals surface area contributed by atoms with E-state index in [0.29, 0.717) is 6.04 Å². The second-order valence-corrected chi connectivity index (χ2v) is 3.61. The van der Waals surface area contributed by atoms with Crippen molar-refractivity contribution in [3.63, 3.8) is 0 Å². The molecule has 74 valence electrons. The van der Waals surface area contributed by atoms with E-state index in [2.05, 4.69) is 24.9 Å². The Kier molecular flexibility index (Phi) is 4.20. The van der Waals surface area contributed by atoms with Gasteiger partial charge in [0.05, 0.1) is 6.07 Å². The highest BCUT2D eigenvalue weighted by Gasteiger charge is 2.28. The average molecular weight is 182 g/mol. The zero-order valence-corrected chi connectivity index (χ0v) is 8.49. The van der Waals surface area contributed by atoms with E-state index in [9.17, 15) is 0 Å². The predicted octanol–water partition coefficient (Wildman–Crippen LogP) is 1.40. The van der Waals surface area contributed by atoms with Crippen molar-refractivity contribution in [1.29, 1.82) is 5.26 Å². The molecule has 3 heteroatoms. The lowest BCUT2D eigenvalue weighted by atomic mass is 10.0. The minimum absolute atomic E-state index is 0.217. The second kappa shape index (κ2) is 5.21. The van der Waals surface area contributed by atoms with Crippen molar-refractivity contribution in [3.05, 3.63) is 0 Å². The third-order valence-electron chi connectivity index (χ3n) is 2.56. The molecule has 0 spiro atoms. The van der Waals surface area contributed by atoms with Crippen LogP contribution in [0.5, 0.6) is 0 Å². The fraction of sp³-hybridized carbons (Fsp3) is 0.900. The molecule has 1 heterocycles. The molecule has 2 atom stereocenters. The van der Waals surface area contributed by atoms with E-state index >= 15 is 0 Å². The molecule has 0 amide bonds. The summed E-state index contributed by atoms with van der Waals surface area (Å²) in [7, 11) is 2.08. The first-order valence-corrected chi connectivity index (χ1v) is 5.01. The molecule has 1 saturated heterocycles. The van der Waals surface area contributed by atoms with Crippen molar-refractivity contribution >= 4 is 0 Å². The number of nitriles is 1. The molecule has 0 aromatic carbocycles. The Morgan fingerprint density at radius 3 is 3.00 bits per heavy atom. The summed E-state index contributed by atoms with van der Waals surface area (Å²) in [5.41, 5.74) is 0. The minimum atomic E-state index is -0.217.